The third-order valence-electron chi connectivity index (χ3n) is 5.31. The maximum Gasteiger partial charge on any atom is 0.256 e. The average Bonchev–Trinajstić information content (AvgIpc) is 2.60. The van der Waals surface area contributed by atoms with Crippen LogP contribution in [0.4, 0.5) is 4.39 Å². The minimum atomic E-state index is -1.36. The van der Waals surface area contributed by atoms with Gasteiger partial charge in [-0.25, -0.2) is 4.39 Å². The van der Waals surface area contributed by atoms with Crippen LogP contribution in [-0.4, -0.2) is 40.6 Å². The van der Waals surface area contributed by atoms with Crippen LogP contribution in [0.25, 0.3) is 0 Å². The van der Waals surface area contributed by atoms with Crippen molar-refractivity contribution < 1.29 is 14.3 Å². The second-order valence-electron chi connectivity index (χ2n) is 7.17. The van der Waals surface area contributed by atoms with Crippen LogP contribution < -0.4 is 5.32 Å². The van der Waals surface area contributed by atoms with Crippen molar-refractivity contribution in [1.82, 2.24) is 10.2 Å². The minimum Gasteiger partial charge on any atom is -0.379 e. The summed E-state index contributed by atoms with van der Waals surface area (Å²) in [5, 5.41) is 14.2. The first-order valence-electron chi connectivity index (χ1n) is 9.07. The van der Waals surface area contributed by atoms with Gasteiger partial charge in [0.25, 0.3) is 5.91 Å². The molecule has 1 unspecified atom stereocenters. The standard InChI is InChI=1S/C19H27FN2O2/c20-17-10-5-4-7-15(17)13-22-12-6-11-19(24,18(22)23)14-21-16-8-2-1-3-9-16/h4-5,7,10,16,21,24H,1-3,6,8-9,11-14H2. The minimum absolute atomic E-state index is 0.219. The Bertz CT molecular complexity index is 574. The molecule has 1 aliphatic heterocycles. The molecule has 1 saturated heterocycles. The number of benzene rings is 1. The van der Waals surface area contributed by atoms with E-state index in [4.69, 9.17) is 0 Å². The SMILES string of the molecule is O=C1N(Cc2ccccc2F)CCCC1(O)CNC1CCCCC1. The molecule has 4 nitrogen and oxygen atoms in total. The predicted molar refractivity (Wildman–Crippen MR) is 90.9 cm³/mol. The van der Waals surface area contributed by atoms with Gasteiger partial charge in [-0.2, -0.15) is 0 Å². The van der Waals surface area contributed by atoms with Crippen molar-refractivity contribution >= 4 is 5.91 Å². The Hall–Kier alpha value is -1.46. The molecule has 24 heavy (non-hydrogen) atoms. The smallest absolute Gasteiger partial charge is 0.256 e. The van der Waals surface area contributed by atoms with E-state index in [1.54, 1.807) is 23.1 Å². The molecular formula is C19H27FN2O2. The van der Waals surface area contributed by atoms with E-state index in [0.717, 1.165) is 19.3 Å². The summed E-state index contributed by atoms with van der Waals surface area (Å²) in [5.41, 5.74) is -0.864. The second kappa shape index (κ2) is 7.62. The lowest BCUT2D eigenvalue weighted by molar-refractivity contribution is -0.157. The largest absolute Gasteiger partial charge is 0.379 e. The normalized spacial score (nSPS) is 25.9. The molecule has 1 heterocycles. The molecule has 1 saturated carbocycles. The lowest BCUT2D eigenvalue weighted by atomic mass is 9.89. The van der Waals surface area contributed by atoms with Gasteiger partial charge in [-0.1, -0.05) is 37.5 Å². The van der Waals surface area contributed by atoms with Gasteiger partial charge in [0.2, 0.25) is 0 Å². The summed E-state index contributed by atoms with van der Waals surface area (Å²) >= 11 is 0. The molecule has 1 aliphatic carbocycles. The van der Waals surface area contributed by atoms with E-state index in [1.807, 2.05) is 0 Å². The van der Waals surface area contributed by atoms with Gasteiger partial charge in [-0.05, 0) is 31.7 Å². The average molecular weight is 334 g/mol. The van der Waals surface area contributed by atoms with Crippen molar-refractivity contribution in [3.63, 3.8) is 0 Å². The van der Waals surface area contributed by atoms with E-state index in [9.17, 15) is 14.3 Å². The Morgan fingerprint density at radius 3 is 2.71 bits per heavy atom. The second-order valence-corrected chi connectivity index (χ2v) is 7.17. The van der Waals surface area contributed by atoms with Crippen LogP contribution in [0.5, 0.6) is 0 Å². The Labute approximate surface area is 143 Å². The topological polar surface area (TPSA) is 52.6 Å². The molecule has 2 fully saturated rings. The maximum atomic E-state index is 13.8. The summed E-state index contributed by atoms with van der Waals surface area (Å²) in [6.07, 6.45) is 7.14. The van der Waals surface area contributed by atoms with Crippen LogP contribution >= 0.6 is 0 Å². The van der Waals surface area contributed by atoms with E-state index < -0.39 is 5.60 Å². The van der Waals surface area contributed by atoms with Crippen LogP contribution in [0.1, 0.15) is 50.5 Å². The summed E-state index contributed by atoms with van der Waals surface area (Å²) in [4.78, 5) is 14.3. The van der Waals surface area contributed by atoms with Crippen molar-refractivity contribution in [3.05, 3.63) is 35.6 Å². The van der Waals surface area contributed by atoms with Crippen LogP contribution in [0.15, 0.2) is 24.3 Å². The number of piperidine rings is 1. The first-order chi connectivity index (χ1) is 11.6. The first kappa shape index (κ1) is 17.4. The van der Waals surface area contributed by atoms with Gasteiger partial charge in [-0.3, -0.25) is 4.79 Å². The molecule has 0 spiro atoms. The lowest BCUT2D eigenvalue weighted by Crippen LogP contribution is -2.58. The third kappa shape index (κ3) is 3.95. The zero-order valence-corrected chi connectivity index (χ0v) is 14.1. The molecule has 5 heteroatoms. The highest BCUT2D eigenvalue weighted by Gasteiger charge is 2.42. The van der Waals surface area contributed by atoms with Crippen LogP contribution in [0.3, 0.4) is 0 Å². The Morgan fingerprint density at radius 2 is 1.96 bits per heavy atom. The summed E-state index contributed by atoms with van der Waals surface area (Å²) in [6.45, 7) is 1.08. The molecular weight excluding hydrogens is 307 g/mol. The number of hydrogen-bond donors (Lipinski definition) is 2. The molecule has 3 rings (SSSR count). The molecule has 1 amide bonds. The molecule has 0 radical (unpaired) electrons. The third-order valence-corrected chi connectivity index (χ3v) is 5.31. The quantitative estimate of drug-likeness (QED) is 0.870. The highest BCUT2D eigenvalue weighted by Crippen LogP contribution is 2.25. The van der Waals surface area contributed by atoms with Gasteiger partial charge < -0.3 is 15.3 Å². The maximum absolute atomic E-state index is 13.8. The summed E-state index contributed by atoms with van der Waals surface area (Å²) in [6, 6.07) is 6.90. The Balaban J connectivity index is 1.61. The van der Waals surface area contributed by atoms with E-state index in [2.05, 4.69) is 5.32 Å². The highest BCUT2D eigenvalue weighted by atomic mass is 19.1. The number of halogens is 1. The van der Waals surface area contributed by atoms with Crippen LogP contribution in [0, 0.1) is 5.82 Å². The van der Waals surface area contributed by atoms with Gasteiger partial charge in [-0.15, -0.1) is 0 Å². The van der Waals surface area contributed by atoms with Gasteiger partial charge in [0, 0.05) is 31.2 Å². The number of carbonyl (C=O) groups excluding carboxylic acids is 1. The number of hydrogen-bond acceptors (Lipinski definition) is 3. The lowest BCUT2D eigenvalue weighted by Gasteiger charge is -2.39. The van der Waals surface area contributed by atoms with Crippen molar-refractivity contribution in [3.8, 4) is 0 Å². The van der Waals surface area contributed by atoms with Crippen molar-refractivity contribution in [2.45, 2.75) is 63.1 Å². The predicted octanol–water partition coefficient (Wildman–Crippen LogP) is 2.60. The van der Waals surface area contributed by atoms with Crippen molar-refractivity contribution in [2.75, 3.05) is 13.1 Å². The van der Waals surface area contributed by atoms with Gasteiger partial charge >= 0.3 is 0 Å². The number of nitrogens with one attached hydrogen (secondary N) is 1. The summed E-state index contributed by atoms with van der Waals surface area (Å²) in [7, 11) is 0. The molecule has 1 atom stereocenters. The summed E-state index contributed by atoms with van der Waals surface area (Å²) < 4.78 is 13.8. The fraction of sp³-hybridized carbons (Fsp3) is 0.632. The van der Waals surface area contributed by atoms with Crippen LogP contribution in [0.2, 0.25) is 0 Å². The fourth-order valence-electron chi connectivity index (χ4n) is 3.83. The Kier molecular flexibility index (Phi) is 5.51. The van der Waals surface area contributed by atoms with Gasteiger partial charge in [0.05, 0.1) is 0 Å². The van der Waals surface area contributed by atoms with Gasteiger partial charge in [0.1, 0.15) is 5.82 Å². The number of amides is 1. The molecule has 132 valence electrons. The van der Waals surface area contributed by atoms with E-state index in [-0.39, 0.29) is 18.3 Å². The number of nitrogens with zero attached hydrogens (tertiary/aromatic N) is 1. The number of aliphatic hydroxyl groups is 1. The number of carbonyl (C=O) groups is 1. The molecule has 0 aromatic heterocycles. The molecule has 1 aromatic carbocycles. The fourth-order valence-corrected chi connectivity index (χ4v) is 3.83. The van der Waals surface area contributed by atoms with E-state index >= 15 is 0 Å². The van der Waals surface area contributed by atoms with Crippen LogP contribution in [-0.2, 0) is 11.3 Å². The number of likely N-dealkylation sites (tertiary alicyclic amines) is 1. The molecule has 2 N–H and O–H groups in total. The monoisotopic (exact) mass is 334 g/mol. The van der Waals surface area contributed by atoms with E-state index in [0.29, 0.717) is 31.1 Å². The zero-order valence-electron chi connectivity index (χ0n) is 14.1. The molecule has 1 aromatic rings. The molecule has 2 aliphatic rings. The van der Waals surface area contributed by atoms with Crippen molar-refractivity contribution in [1.29, 1.82) is 0 Å². The Morgan fingerprint density at radius 1 is 1.21 bits per heavy atom. The first-order valence-corrected chi connectivity index (χ1v) is 9.07. The van der Waals surface area contributed by atoms with Gasteiger partial charge in [0.15, 0.2) is 5.60 Å². The molecule has 0 bridgehead atoms. The summed E-state index contributed by atoms with van der Waals surface area (Å²) in [5.74, 6) is -0.583. The zero-order chi connectivity index (χ0) is 17.0. The number of rotatable bonds is 5. The van der Waals surface area contributed by atoms with Crippen molar-refractivity contribution in [2.24, 2.45) is 0 Å². The highest BCUT2D eigenvalue weighted by molar-refractivity contribution is 5.86. The van der Waals surface area contributed by atoms with E-state index in [1.165, 1.54) is 25.3 Å².